The molecule has 0 fully saturated rings. The molecular weight excluding hydrogens is 484 g/mol. The van der Waals surface area contributed by atoms with Crippen molar-refractivity contribution in [2.75, 3.05) is 6.61 Å². The first-order chi connectivity index (χ1) is 15.5. The van der Waals surface area contributed by atoms with Crippen LogP contribution in [0.15, 0.2) is 35.7 Å². The van der Waals surface area contributed by atoms with Crippen molar-refractivity contribution in [3.8, 4) is 22.9 Å². The zero-order valence-corrected chi connectivity index (χ0v) is 16.8. The van der Waals surface area contributed by atoms with E-state index in [1.807, 2.05) is 0 Å². The number of carbonyl (C=O) groups excluding carboxylic acids is 1. The molecule has 1 aromatic carbocycles. The molecule has 0 unspecified atom stereocenters. The predicted molar refractivity (Wildman–Crippen MR) is 101 cm³/mol. The van der Waals surface area contributed by atoms with Crippen LogP contribution >= 0.6 is 0 Å². The van der Waals surface area contributed by atoms with Gasteiger partial charge in [0.05, 0.1) is 22.7 Å². The summed E-state index contributed by atoms with van der Waals surface area (Å²) in [5, 5.41) is 18.4. The van der Waals surface area contributed by atoms with E-state index in [0.717, 1.165) is 13.0 Å². The molecule has 0 saturated heterocycles. The first-order valence-corrected chi connectivity index (χ1v) is 8.84. The van der Waals surface area contributed by atoms with Crippen molar-refractivity contribution in [2.24, 2.45) is 5.73 Å². The molecule has 0 saturated carbocycles. The fourth-order valence-electron chi connectivity index (χ4n) is 2.47. The van der Waals surface area contributed by atoms with Gasteiger partial charge >= 0.3 is 12.4 Å². The van der Waals surface area contributed by atoms with Crippen LogP contribution in [0.3, 0.4) is 0 Å². The molecule has 0 bridgehead atoms. The number of alkyl halides is 6. The second-order valence-corrected chi connectivity index (χ2v) is 6.60. The van der Waals surface area contributed by atoms with Crippen molar-refractivity contribution in [1.82, 2.24) is 10.3 Å². The zero-order chi connectivity index (χ0) is 26.0. The van der Waals surface area contributed by atoms with Gasteiger partial charge in [0.25, 0.3) is 5.91 Å². The molecule has 1 amide bonds. The van der Waals surface area contributed by atoms with Crippen LogP contribution in [0.5, 0.6) is 11.6 Å². The van der Waals surface area contributed by atoms with Crippen molar-refractivity contribution < 1.29 is 49.8 Å². The molecule has 15 heteroatoms. The van der Waals surface area contributed by atoms with Gasteiger partial charge in [-0.05, 0) is 31.2 Å². The molecule has 0 radical (unpaired) electrons. The van der Waals surface area contributed by atoms with Crippen molar-refractivity contribution in [3.63, 3.8) is 0 Å². The number of ether oxygens (including phenoxy) is 1. The Morgan fingerprint density at radius 3 is 2.26 bits per heavy atom. The number of halogens is 8. The number of benzene rings is 1. The van der Waals surface area contributed by atoms with Crippen LogP contribution < -0.4 is 15.8 Å². The number of amides is 1. The van der Waals surface area contributed by atoms with Crippen LogP contribution in [0, 0.1) is 17.0 Å². The maximum absolute atomic E-state index is 14.7. The van der Waals surface area contributed by atoms with Crippen LogP contribution in [0.25, 0.3) is 11.3 Å². The van der Waals surface area contributed by atoms with Crippen molar-refractivity contribution in [1.29, 1.82) is 5.41 Å². The summed E-state index contributed by atoms with van der Waals surface area (Å²) < 4.78 is 109. The number of nitrogens with zero attached hydrogens (tertiary/aromatic N) is 1. The van der Waals surface area contributed by atoms with E-state index in [1.165, 1.54) is 0 Å². The summed E-state index contributed by atoms with van der Waals surface area (Å²) in [5.74, 6) is -6.19. The molecule has 34 heavy (non-hydrogen) atoms. The van der Waals surface area contributed by atoms with Crippen LogP contribution in [-0.2, 0) is 0 Å². The summed E-state index contributed by atoms with van der Waals surface area (Å²) in [7, 11) is 0. The van der Waals surface area contributed by atoms with Gasteiger partial charge in [0.2, 0.25) is 5.88 Å². The van der Waals surface area contributed by atoms with E-state index in [-0.39, 0.29) is 0 Å². The van der Waals surface area contributed by atoms with E-state index in [2.05, 4.69) is 9.72 Å². The van der Waals surface area contributed by atoms with Gasteiger partial charge in [-0.15, -0.1) is 0 Å². The number of nitrogens with one attached hydrogen (secondary N) is 2. The fourth-order valence-corrected chi connectivity index (χ4v) is 2.47. The molecule has 1 heterocycles. The minimum absolute atomic E-state index is 0.332. The highest BCUT2D eigenvalue weighted by atomic mass is 19.4. The van der Waals surface area contributed by atoms with E-state index >= 15 is 0 Å². The number of hydrogen-bond donors (Lipinski definition) is 4. The zero-order valence-electron chi connectivity index (χ0n) is 16.8. The molecule has 5 N–H and O–H groups in total. The lowest BCUT2D eigenvalue weighted by Crippen LogP contribution is -2.34. The number of nitrogens with two attached hydrogens (primary N) is 1. The maximum Gasteiger partial charge on any atom is 0.432 e. The highest BCUT2D eigenvalue weighted by Crippen LogP contribution is 2.32. The van der Waals surface area contributed by atoms with Crippen LogP contribution in [-0.4, -0.2) is 40.7 Å². The van der Waals surface area contributed by atoms with Gasteiger partial charge in [-0.25, -0.2) is 13.8 Å². The number of allylic oxidation sites excluding steroid dienone is 2. The standard InChI is InChI=1S/C19H14F8N4O3/c1-7(28)14(15(29)19(25,26)27)31-16(32)9-4-11(21)8(5-13(9)34-6-18(22,23)24)12-3-2-10(20)17(33)30-12/h2-5,28H,6,29H2,1H3,(H,30,33)(H,31,32)/b15-14+,28-7?. The molecule has 0 aliphatic heterocycles. The molecule has 1 aromatic heterocycles. The van der Waals surface area contributed by atoms with E-state index in [4.69, 9.17) is 11.1 Å². The normalized spacial score (nSPS) is 12.7. The Labute approximate surface area is 185 Å². The number of pyridine rings is 1. The lowest BCUT2D eigenvalue weighted by molar-refractivity contribution is -0.153. The molecule has 7 nitrogen and oxygen atoms in total. The third-order valence-electron chi connectivity index (χ3n) is 4.00. The van der Waals surface area contributed by atoms with Gasteiger partial charge in [0, 0.05) is 5.56 Å². The van der Waals surface area contributed by atoms with Crippen molar-refractivity contribution in [2.45, 2.75) is 19.3 Å². The van der Waals surface area contributed by atoms with Crippen LogP contribution in [0.2, 0.25) is 0 Å². The highest BCUT2D eigenvalue weighted by molar-refractivity contribution is 6.05. The quantitative estimate of drug-likeness (QED) is 0.352. The monoisotopic (exact) mass is 498 g/mol. The lowest BCUT2D eigenvalue weighted by atomic mass is 10.0. The minimum Gasteiger partial charge on any atom is -0.491 e. The van der Waals surface area contributed by atoms with Gasteiger partial charge in [-0.1, -0.05) is 0 Å². The molecule has 0 aliphatic carbocycles. The van der Waals surface area contributed by atoms with Crippen LogP contribution in [0.1, 0.15) is 17.3 Å². The average molecular weight is 498 g/mol. The highest BCUT2D eigenvalue weighted by Gasteiger charge is 2.36. The number of rotatable bonds is 6. The first-order valence-electron chi connectivity index (χ1n) is 8.84. The Kier molecular flexibility index (Phi) is 7.38. The molecule has 0 spiro atoms. The Bertz CT molecular complexity index is 1160. The van der Waals surface area contributed by atoms with Crippen molar-refractivity contribution in [3.05, 3.63) is 52.9 Å². The number of aromatic nitrogens is 1. The van der Waals surface area contributed by atoms with Gasteiger partial charge in [-0.3, -0.25) is 4.79 Å². The lowest BCUT2D eigenvalue weighted by Gasteiger charge is -2.18. The summed E-state index contributed by atoms with van der Waals surface area (Å²) in [5.41, 5.74) is -1.11. The molecule has 2 aromatic rings. The Morgan fingerprint density at radius 1 is 1.15 bits per heavy atom. The predicted octanol–water partition coefficient (Wildman–Crippen LogP) is 4.18. The summed E-state index contributed by atoms with van der Waals surface area (Å²) in [6.07, 6.45) is -10.1. The Morgan fingerprint density at radius 2 is 1.76 bits per heavy atom. The summed E-state index contributed by atoms with van der Waals surface area (Å²) in [4.78, 5) is 15.9. The largest absolute Gasteiger partial charge is 0.491 e. The summed E-state index contributed by atoms with van der Waals surface area (Å²) in [6.45, 7) is -1.14. The maximum atomic E-state index is 14.7. The van der Waals surface area contributed by atoms with E-state index < -0.39 is 82.1 Å². The second kappa shape index (κ2) is 9.52. The van der Waals surface area contributed by atoms with Gasteiger partial charge in [0.15, 0.2) is 12.4 Å². The molecule has 2 rings (SSSR count). The second-order valence-electron chi connectivity index (χ2n) is 6.60. The molecule has 0 aliphatic rings. The molecular formula is C19H14F8N4O3. The number of aromatic hydroxyl groups is 1. The first kappa shape index (κ1) is 26.3. The number of carbonyl (C=O) groups is 1. The molecule has 184 valence electrons. The fraction of sp³-hybridized carbons (Fsp3) is 0.211. The van der Waals surface area contributed by atoms with E-state index in [9.17, 15) is 45.0 Å². The van der Waals surface area contributed by atoms with Gasteiger partial charge < -0.3 is 26.3 Å². The Hall–Kier alpha value is -3.91. The van der Waals surface area contributed by atoms with Crippen molar-refractivity contribution >= 4 is 11.6 Å². The average Bonchev–Trinajstić information content (AvgIpc) is 2.70. The van der Waals surface area contributed by atoms with Crippen LogP contribution in [0.4, 0.5) is 35.1 Å². The summed E-state index contributed by atoms with van der Waals surface area (Å²) in [6, 6.07) is 2.43. The SMILES string of the molecule is CC(=N)/C(NC(=O)c1cc(F)c(-c2ccc(F)c(O)n2)cc1OCC(F)(F)F)=C(\N)C(F)(F)F. The van der Waals surface area contributed by atoms with Gasteiger partial charge in [-0.2, -0.15) is 26.3 Å². The minimum atomic E-state index is -5.17. The van der Waals surface area contributed by atoms with E-state index in [1.54, 1.807) is 5.32 Å². The summed E-state index contributed by atoms with van der Waals surface area (Å²) >= 11 is 0. The Balaban J connectivity index is 2.61. The number of hydrogen-bond acceptors (Lipinski definition) is 6. The topological polar surface area (TPSA) is 121 Å². The van der Waals surface area contributed by atoms with E-state index in [0.29, 0.717) is 18.2 Å². The third-order valence-corrected chi connectivity index (χ3v) is 4.00. The van der Waals surface area contributed by atoms with Gasteiger partial charge in [0.1, 0.15) is 17.3 Å². The third kappa shape index (κ3) is 6.32. The molecule has 0 atom stereocenters. The smallest absolute Gasteiger partial charge is 0.432 e.